The number of quaternary nitrogens is 1. The van der Waals surface area contributed by atoms with E-state index in [-0.39, 0.29) is 11.9 Å². The largest absolute Gasteiger partial charge is 0.370 e. The molecule has 2 aromatic heterocycles. The predicted molar refractivity (Wildman–Crippen MR) is 122 cm³/mol. The molecule has 0 amide bonds. The number of para-hydroxylation sites is 1. The molecule has 0 bridgehead atoms. The summed E-state index contributed by atoms with van der Waals surface area (Å²) in [5, 5.41) is 4.55. The Balaban J connectivity index is 1.48. The molecule has 2 N–H and O–H groups in total. The Morgan fingerprint density at radius 2 is 1.78 bits per heavy atom. The third-order valence-corrected chi connectivity index (χ3v) is 5.90. The van der Waals surface area contributed by atoms with Crippen LogP contribution >= 0.6 is 0 Å². The molecule has 1 fully saturated rings. The molecule has 5 rings (SSSR count). The Morgan fingerprint density at radius 1 is 0.969 bits per heavy atom. The van der Waals surface area contributed by atoms with Gasteiger partial charge in [0.2, 0.25) is 0 Å². The summed E-state index contributed by atoms with van der Waals surface area (Å²) in [4.78, 5) is 15.2. The molecule has 2 aromatic carbocycles. The van der Waals surface area contributed by atoms with E-state index in [4.69, 9.17) is 14.7 Å². The van der Waals surface area contributed by atoms with Crippen LogP contribution < -0.4 is 10.2 Å². The number of aromatic nitrogens is 3. The zero-order valence-corrected chi connectivity index (χ0v) is 17.7. The van der Waals surface area contributed by atoms with E-state index in [2.05, 4.69) is 10.3 Å². The molecule has 1 aliphatic rings. The highest BCUT2D eigenvalue weighted by Gasteiger charge is 2.27. The second-order valence-electron chi connectivity index (χ2n) is 7.91. The van der Waals surface area contributed by atoms with Crippen molar-refractivity contribution in [1.82, 2.24) is 15.0 Å². The molecule has 1 saturated heterocycles. The second kappa shape index (κ2) is 9.38. The maximum atomic E-state index is 13.6. The standard InChI is InChI=1S/C25H24FN5O/c26-20-9-7-18(8-10-20)23(31-12-14-32-15-13-31)17-28-25-21-5-1-2-6-22(21)29-24(30-25)19-4-3-11-27-16-19/h1-11,16,23H,12-15,17H2,(H,28,29,30)/p+1/t23-/m1/s1. The van der Waals surface area contributed by atoms with E-state index < -0.39 is 0 Å². The van der Waals surface area contributed by atoms with E-state index >= 15 is 0 Å². The zero-order valence-electron chi connectivity index (χ0n) is 17.7. The average Bonchev–Trinajstić information content (AvgIpc) is 2.86. The van der Waals surface area contributed by atoms with Crippen molar-refractivity contribution in [2.45, 2.75) is 6.04 Å². The number of rotatable bonds is 6. The van der Waals surface area contributed by atoms with Gasteiger partial charge in [-0.3, -0.25) is 4.98 Å². The summed E-state index contributed by atoms with van der Waals surface area (Å²) in [6.45, 7) is 3.95. The predicted octanol–water partition coefficient (Wildman–Crippen LogP) is 2.90. The molecule has 6 nitrogen and oxygen atoms in total. The first-order chi connectivity index (χ1) is 15.8. The molecule has 4 aromatic rings. The third-order valence-electron chi connectivity index (χ3n) is 5.90. The fourth-order valence-corrected chi connectivity index (χ4v) is 4.21. The number of halogens is 1. The maximum Gasteiger partial charge on any atom is 0.163 e. The van der Waals surface area contributed by atoms with Gasteiger partial charge in [-0.15, -0.1) is 0 Å². The van der Waals surface area contributed by atoms with Crippen LogP contribution in [0.25, 0.3) is 22.3 Å². The van der Waals surface area contributed by atoms with Crippen molar-refractivity contribution in [3.05, 3.63) is 84.4 Å². The molecule has 3 heterocycles. The fourth-order valence-electron chi connectivity index (χ4n) is 4.21. The first kappa shape index (κ1) is 20.5. The van der Waals surface area contributed by atoms with E-state index in [0.29, 0.717) is 12.4 Å². The molecule has 0 saturated carbocycles. The van der Waals surface area contributed by atoms with Gasteiger partial charge in [-0.1, -0.05) is 24.3 Å². The lowest BCUT2D eigenvalue weighted by Gasteiger charge is -2.32. The molecular weight excluding hydrogens is 405 g/mol. The number of nitrogens with zero attached hydrogens (tertiary/aromatic N) is 3. The third kappa shape index (κ3) is 4.44. The number of fused-ring (bicyclic) bond motifs is 1. The lowest BCUT2D eigenvalue weighted by molar-refractivity contribution is -0.937. The summed E-state index contributed by atoms with van der Waals surface area (Å²) in [6, 6.07) is 18.8. The van der Waals surface area contributed by atoms with Crippen molar-refractivity contribution in [2.24, 2.45) is 0 Å². The highest BCUT2D eigenvalue weighted by atomic mass is 19.1. The zero-order chi connectivity index (χ0) is 21.8. The molecule has 7 heteroatoms. The summed E-state index contributed by atoms with van der Waals surface area (Å²) in [5.74, 6) is 1.20. The highest BCUT2D eigenvalue weighted by Crippen LogP contribution is 2.25. The first-order valence-corrected chi connectivity index (χ1v) is 10.9. The summed E-state index contributed by atoms with van der Waals surface area (Å²) in [6.07, 6.45) is 3.51. The number of pyridine rings is 1. The molecule has 0 spiro atoms. The molecule has 1 atom stereocenters. The topological polar surface area (TPSA) is 64.4 Å². The van der Waals surface area contributed by atoms with E-state index in [1.165, 1.54) is 17.0 Å². The van der Waals surface area contributed by atoms with Gasteiger partial charge in [0.1, 0.15) is 30.8 Å². The number of hydrogen-bond acceptors (Lipinski definition) is 5. The van der Waals surface area contributed by atoms with Gasteiger partial charge in [-0.05, 0) is 36.4 Å². The minimum absolute atomic E-state index is 0.148. The number of ether oxygens (including phenoxy) is 1. The molecule has 1 aliphatic heterocycles. The number of benzene rings is 2. The number of nitrogens with one attached hydrogen (secondary N) is 2. The van der Waals surface area contributed by atoms with Crippen molar-refractivity contribution in [1.29, 1.82) is 0 Å². The van der Waals surface area contributed by atoms with E-state index in [1.54, 1.807) is 12.4 Å². The van der Waals surface area contributed by atoms with Crippen LogP contribution in [-0.2, 0) is 4.74 Å². The summed E-state index contributed by atoms with van der Waals surface area (Å²) < 4.78 is 19.1. The Labute approximate surface area is 186 Å². The van der Waals surface area contributed by atoms with Crippen molar-refractivity contribution in [3.8, 4) is 11.4 Å². The first-order valence-electron chi connectivity index (χ1n) is 10.9. The molecule has 0 aliphatic carbocycles. The van der Waals surface area contributed by atoms with Gasteiger partial charge < -0.3 is 15.0 Å². The van der Waals surface area contributed by atoms with Gasteiger partial charge in [0.25, 0.3) is 0 Å². The SMILES string of the molecule is Fc1ccc([C@@H](CNc2nc(-c3cccnc3)nc3ccccc23)[NH+]2CCOCC2)cc1. The van der Waals surface area contributed by atoms with Crippen LogP contribution in [0.15, 0.2) is 73.1 Å². The summed E-state index contributed by atoms with van der Waals surface area (Å²) >= 11 is 0. The normalized spacial score (nSPS) is 15.5. The van der Waals surface area contributed by atoms with Gasteiger partial charge >= 0.3 is 0 Å². The monoisotopic (exact) mass is 430 g/mol. The average molecular weight is 431 g/mol. The lowest BCUT2D eigenvalue weighted by atomic mass is 10.0. The van der Waals surface area contributed by atoms with Gasteiger partial charge in [0.05, 0.1) is 25.3 Å². The van der Waals surface area contributed by atoms with Crippen LogP contribution in [0, 0.1) is 5.82 Å². The minimum Gasteiger partial charge on any atom is -0.370 e. The van der Waals surface area contributed by atoms with Crippen LogP contribution in [0.5, 0.6) is 0 Å². The Bertz CT molecular complexity index is 1180. The molecule has 32 heavy (non-hydrogen) atoms. The van der Waals surface area contributed by atoms with Crippen LogP contribution in [0.2, 0.25) is 0 Å². The van der Waals surface area contributed by atoms with E-state index in [9.17, 15) is 4.39 Å². The quantitative estimate of drug-likeness (QED) is 0.493. The number of morpholine rings is 1. The molecular formula is C25H25FN5O+. The Kier molecular flexibility index (Phi) is 6.00. The van der Waals surface area contributed by atoms with E-state index in [1.807, 2.05) is 48.5 Å². The highest BCUT2D eigenvalue weighted by molar-refractivity contribution is 5.90. The number of hydrogen-bond donors (Lipinski definition) is 2. The van der Waals surface area contributed by atoms with Gasteiger partial charge in [0.15, 0.2) is 5.82 Å². The summed E-state index contributed by atoms with van der Waals surface area (Å²) in [5.41, 5.74) is 2.85. The van der Waals surface area contributed by atoms with Crippen LogP contribution in [0.4, 0.5) is 10.2 Å². The molecule has 0 unspecified atom stereocenters. The summed E-state index contributed by atoms with van der Waals surface area (Å²) in [7, 11) is 0. The minimum atomic E-state index is -0.222. The van der Waals surface area contributed by atoms with Gasteiger partial charge in [-0.2, -0.15) is 0 Å². The smallest absolute Gasteiger partial charge is 0.163 e. The van der Waals surface area contributed by atoms with Crippen molar-refractivity contribution < 1.29 is 14.0 Å². The van der Waals surface area contributed by atoms with Crippen LogP contribution in [0.1, 0.15) is 11.6 Å². The van der Waals surface area contributed by atoms with Crippen LogP contribution in [0.3, 0.4) is 0 Å². The lowest BCUT2D eigenvalue weighted by Crippen LogP contribution is -3.14. The fraction of sp³-hybridized carbons (Fsp3) is 0.240. The second-order valence-corrected chi connectivity index (χ2v) is 7.91. The number of anilines is 1. The van der Waals surface area contributed by atoms with Gasteiger partial charge in [-0.25, -0.2) is 14.4 Å². The van der Waals surface area contributed by atoms with Crippen LogP contribution in [-0.4, -0.2) is 47.8 Å². The molecule has 162 valence electrons. The Morgan fingerprint density at radius 3 is 2.56 bits per heavy atom. The maximum absolute atomic E-state index is 13.6. The van der Waals surface area contributed by atoms with Crippen molar-refractivity contribution in [2.75, 3.05) is 38.2 Å². The molecule has 0 radical (unpaired) electrons. The van der Waals surface area contributed by atoms with Gasteiger partial charge in [0, 0.05) is 28.9 Å². The Hall–Kier alpha value is -3.42. The van der Waals surface area contributed by atoms with E-state index in [0.717, 1.165) is 54.2 Å². The van der Waals surface area contributed by atoms with Crippen molar-refractivity contribution in [3.63, 3.8) is 0 Å². The van der Waals surface area contributed by atoms with Crippen molar-refractivity contribution >= 4 is 16.7 Å².